The van der Waals surface area contributed by atoms with Crippen LogP contribution < -0.4 is 0 Å². The molecular weight excluding hydrogens is 156 g/mol. The summed E-state index contributed by atoms with van der Waals surface area (Å²) in [5.74, 6) is 0.852. The van der Waals surface area contributed by atoms with Gasteiger partial charge in [0.05, 0.1) is 12.1 Å². The van der Waals surface area contributed by atoms with E-state index in [0.717, 1.165) is 12.4 Å². The summed E-state index contributed by atoms with van der Waals surface area (Å²) in [5.41, 5.74) is -0.500. The molecule has 1 aliphatic heterocycles. The Morgan fingerprint density at radius 2 is 2.50 bits per heavy atom. The van der Waals surface area contributed by atoms with Crippen LogP contribution in [0.5, 0.6) is 0 Å². The van der Waals surface area contributed by atoms with Gasteiger partial charge in [0.1, 0.15) is 12.2 Å². The molecule has 5 nitrogen and oxygen atoms in total. The van der Waals surface area contributed by atoms with Gasteiger partial charge in [0.25, 0.3) is 0 Å². The Labute approximate surface area is 70.4 Å². The third-order valence-electron chi connectivity index (χ3n) is 1.97. The van der Waals surface area contributed by atoms with Gasteiger partial charge in [0.2, 0.25) is 0 Å². The highest BCUT2D eigenvalue weighted by atomic mass is 16.3. The molecular formula is C7H12N4O. The predicted octanol–water partition coefficient (Wildman–Crippen LogP) is -0.629. The van der Waals surface area contributed by atoms with Gasteiger partial charge in [-0.2, -0.15) is 5.10 Å². The van der Waals surface area contributed by atoms with Gasteiger partial charge in [-0.25, -0.2) is 4.98 Å². The van der Waals surface area contributed by atoms with Crippen molar-refractivity contribution in [3.8, 4) is 0 Å². The van der Waals surface area contributed by atoms with Gasteiger partial charge in [-0.1, -0.05) is 0 Å². The van der Waals surface area contributed by atoms with Crippen LogP contribution in [0.1, 0.15) is 12.7 Å². The van der Waals surface area contributed by atoms with E-state index >= 15 is 0 Å². The summed E-state index contributed by atoms with van der Waals surface area (Å²) in [6.45, 7) is 4.02. The second-order valence-corrected chi connectivity index (χ2v) is 3.57. The van der Waals surface area contributed by atoms with Crippen LogP contribution in [-0.2, 0) is 6.54 Å². The van der Waals surface area contributed by atoms with Crippen molar-refractivity contribution < 1.29 is 5.11 Å². The summed E-state index contributed by atoms with van der Waals surface area (Å²) < 4.78 is 0. The van der Waals surface area contributed by atoms with Crippen molar-refractivity contribution in [2.24, 2.45) is 0 Å². The molecule has 2 heterocycles. The monoisotopic (exact) mass is 168 g/mol. The number of aromatic amines is 1. The molecule has 2 rings (SSSR count). The minimum absolute atomic E-state index is 0.500. The van der Waals surface area contributed by atoms with Crippen LogP contribution in [0.15, 0.2) is 6.33 Å². The molecule has 1 saturated heterocycles. The minimum atomic E-state index is -0.500. The summed E-state index contributed by atoms with van der Waals surface area (Å²) in [4.78, 5) is 6.11. The molecule has 1 fully saturated rings. The Kier molecular flexibility index (Phi) is 1.62. The lowest BCUT2D eigenvalue weighted by atomic mass is 9.97. The van der Waals surface area contributed by atoms with Gasteiger partial charge in [-0.15, -0.1) is 0 Å². The second-order valence-electron chi connectivity index (χ2n) is 3.57. The SMILES string of the molecule is CC1(O)CN(Cc2ncn[nH]2)C1. The van der Waals surface area contributed by atoms with Gasteiger partial charge in [-0.3, -0.25) is 10.00 Å². The van der Waals surface area contributed by atoms with E-state index in [-0.39, 0.29) is 0 Å². The van der Waals surface area contributed by atoms with E-state index in [2.05, 4.69) is 20.1 Å². The van der Waals surface area contributed by atoms with Crippen molar-refractivity contribution in [3.05, 3.63) is 12.2 Å². The number of likely N-dealkylation sites (tertiary alicyclic amines) is 1. The summed E-state index contributed by atoms with van der Waals surface area (Å²) in [6, 6.07) is 0. The standard InChI is InChI=1S/C7H12N4O/c1-7(12)3-11(4-7)2-6-8-5-9-10-6/h5,12H,2-4H2,1H3,(H,8,9,10). The highest BCUT2D eigenvalue weighted by Gasteiger charge is 2.36. The number of H-pyrrole nitrogens is 1. The van der Waals surface area contributed by atoms with E-state index in [1.54, 1.807) is 0 Å². The Bertz CT molecular complexity index is 248. The molecule has 1 aromatic heterocycles. The molecule has 2 N–H and O–H groups in total. The molecule has 0 unspecified atom stereocenters. The first-order chi connectivity index (χ1) is 5.66. The lowest BCUT2D eigenvalue weighted by molar-refractivity contribution is -0.0880. The summed E-state index contributed by atoms with van der Waals surface area (Å²) in [5, 5.41) is 15.9. The Morgan fingerprint density at radius 1 is 1.75 bits per heavy atom. The van der Waals surface area contributed by atoms with Crippen molar-refractivity contribution in [2.45, 2.75) is 19.1 Å². The summed E-state index contributed by atoms with van der Waals surface area (Å²) >= 11 is 0. The van der Waals surface area contributed by atoms with Crippen LogP contribution in [0.25, 0.3) is 0 Å². The first-order valence-electron chi connectivity index (χ1n) is 3.95. The number of rotatable bonds is 2. The highest BCUT2D eigenvalue weighted by molar-refractivity contribution is 4.94. The Morgan fingerprint density at radius 3 is 3.00 bits per heavy atom. The van der Waals surface area contributed by atoms with Gasteiger partial charge >= 0.3 is 0 Å². The largest absolute Gasteiger partial charge is 0.388 e. The van der Waals surface area contributed by atoms with Crippen LogP contribution in [-0.4, -0.2) is 43.9 Å². The number of hydrogen-bond acceptors (Lipinski definition) is 4. The van der Waals surface area contributed by atoms with E-state index in [1.807, 2.05) is 6.92 Å². The fraction of sp³-hybridized carbons (Fsp3) is 0.714. The molecule has 0 amide bonds. The Hall–Kier alpha value is -0.940. The molecule has 0 spiro atoms. The molecule has 12 heavy (non-hydrogen) atoms. The van der Waals surface area contributed by atoms with Crippen molar-refractivity contribution >= 4 is 0 Å². The van der Waals surface area contributed by atoms with Gasteiger partial charge < -0.3 is 5.11 Å². The van der Waals surface area contributed by atoms with Gasteiger partial charge in [-0.05, 0) is 6.92 Å². The number of β-amino-alcohol motifs (C(OH)–C–C–N with tert-alkyl or cyclic N) is 1. The maximum atomic E-state index is 9.42. The molecule has 1 aliphatic rings. The maximum Gasteiger partial charge on any atom is 0.138 e. The quantitative estimate of drug-likeness (QED) is 0.617. The van der Waals surface area contributed by atoms with Crippen LogP contribution in [0, 0.1) is 0 Å². The number of hydrogen-bond donors (Lipinski definition) is 2. The zero-order chi connectivity index (χ0) is 8.60. The van der Waals surface area contributed by atoms with E-state index in [9.17, 15) is 5.11 Å². The molecule has 1 aromatic rings. The first-order valence-corrected chi connectivity index (χ1v) is 3.95. The lowest BCUT2D eigenvalue weighted by Crippen LogP contribution is -2.59. The fourth-order valence-corrected chi connectivity index (χ4v) is 1.55. The average Bonchev–Trinajstić information content (AvgIpc) is 2.35. The van der Waals surface area contributed by atoms with Crippen LogP contribution >= 0.6 is 0 Å². The zero-order valence-corrected chi connectivity index (χ0v) is 6.99. The number of aromatic nitrogens is 3. The van der Waals surface area contributed by atoms with E-state index in [0.29, 0.717) is 13.1 Å². The smallest absolute Gasteiger partial charge is 0.138 e. The maximum absolute atomic E-state index is 9.42. The molecule has 66 valence electrons. The minimum Gasteiger partial charge on any atom is -0.388 e. The normalized spacial score (nSPS) is 22.2. The van der Waals surface area contributed by atoms with Crippen molar-refractivity contribution in [2.75, 3.05) is 13.1 Å². The summed E-state index contributed by atoms with van der Waals surface area (Å²) in [7, 11) is 0. The second kappa shape index (κ2) is 2.53. The third-order valence-corrected chi connectivity index (χ3v) is 1.97. The van der Waals surface area contributed by atoms with Crippen LogP contribution in [0.4, 0.5) is 0 Å². The van der Waals surface area contributed by atoms with Crippen LogP contribution in [0.2, 0.25) is 0 Å². The van der Waals surface area contributed by atoms with E-state index in [4.69, 9.17) is 0 Å². The van der Waals surface area contributed by atoms with E-state index in [1.165, 1.54) is 6.33 Å². The zero-order valence-electron chi connectivity index (χ0n) is 6.99. The number of aliphatic hydroxyl groups is 1. The van der Waals surface area contributed by atoms with Crippen molar-refractivity contribution in [1.29, 1.82) is 0 Å². The third kappa shape index (κ3) is 1.46. The highest BCUT2D eigenvalue weighted by Crippen LogP contribution is 2.20. The van der Waals surface area contributed by atoms with Gasteiger partial charge in [0, 0.05) is 13.1 Å². The number of nitrogens with zero attached hydrogens (tertiary/aromatic N) is 3. The molecule has 0 saturated carbocycles. The van der Waals surface area contributed by atoms with E-state index < -0.39 is 5.60 Å². The lowest BCUT2D eigenvalue weighted by Gasteiger charge is -2.43. The van der Waals surface area contributed by atoms with Crippen molar-refractivity contribution in [1.82, 2.24) is 20.1 Å². The predicted molar refractivity (Wildman–Crippen MR) is 42.3 cm³/mol. The van der Waals surface area contributed by atoms with Gasteiger partial charge in [0.15, 0.2) is 0 Å². The molecule has 0 aromatic carbocycles. The first kappa shape index (κ1) is 7.70. The summed E-state index contributed by atoms with van der Waals surface area (Å²) in [6.07, 6.45) is 1.49. The number of nitrogens with one attached hydrogen (secondary N) is 1. The molecule has 5 heteroatoms. The molecule has 0 aliphatic carbocycles. The molecule has 0 atom stereocenters. The van der Waals surface area contributed by atoms with Crippen LogP contribution in [0.3, 0.4) is 0 Å². The Balaban J connectivity index is 1.84. The topological polar surface area (TPSA) is 65.0 Å². The van der Waals surface area contributed by atoms with Crippen molar-refractivity contribution in [3.63, 3.8) is 0 Å². The molecule has 0 radical (unpaired) electrons. The molecule has 0 bridgehead atoms. The fourth-order valence-electron chi connectivity index (χ4n) is 1.55. The average molecular weight is 168 g/mol.